The summed E-state index contributed by atoms with van der Waals surface area (Å²) in [6.45, 7) is 4.06. The first kappa shape index (κ1) is 9.96. The summed E-state index contributed by atoms with van der Waals surface area (Å²) in [5, 5.41) is 9.69. The van der Waals surface area contributed by atoms with Crippen molar-refractivity contribution >= 4 is 0 Å². The van der Waals surface area contributed by atoms with Gasteiger partial charge in [0.1, 0.15) is 0 Å². The van der Waals surface area contributed by atoms with Crippen molar-refractivity contribution in [3.05, 3.63) is 0 Å². The van der Waals surface area contributed by atoms with Gasteiger partial charge in [0.15, 0.2) is 0 Å². The largest absolute Gasteiger partial charge is 0.391 e. The molecule has 1 heterocycles. The summed E-state index contributed by atoms with van der Waals surface area (Å²) in [6.07, 6.45) is 1.86. The Morgan fingerprint density at radius 2 is 1.92 bits per heavy atom. The van der Waals surface area contributed by atoms with Crippen LogP contribution in [0.3, 0.4) is 0 Å². The van der Waals surface area contributed by atoms with E-state index < -0.39 is 0 Å². The molecule has 1 saturated heterocycles. The van der Waals surface area contributed by atoms with Gasteiger partial charge in [-0.15, -0.1) is 0 Å². The van der Waals surface area contributed by atoms with Crippen LogP contribution in [0.5, 0.6) is 0 Å². The Balaban J connectivity index is 2.34. The molecule has 1 fully saturated rings. The molecule has 0 aromatic carbocycles. The van der Waals surface area contributed by atoms with E-state index in [9.17, 15) is 5.11 Å². The Morgan fingerprint density at radius 3 is 2.33 bits per heavy atom. The maximum atomic E-state index is 9.69. The average Bonchev–Trinajstić information content (AvgIpc) is 2.04. The van der Waals surface area contributed by atoms with Crippen LogP contribution >= 0.6 is 0 Å². The highest BCUT2D eigenvalue weighted by Gasteiger charge is 2.25. The molecule has 1 aliphatic heterocycles. The van der Waals surface area contributed by atoms with Gasteiger partial charge >= 0.3 is 0 Å². The topological polar surface area (TPSA) is 49.5 Å². The smallest absolute Gasteiger partial charge is 0.0717 e. The fourth-order valence-corrected chi connectivity index (χ4v) is 1.80. The van der Waals surface area contributed by atoms with E-state index in [0.29, 0.717) is 5.92 Å². The zero-order valence-corrected chi connectivity index (χ0v) is 8.03. The Hall–Kier alpha value is -0.120. The predicted octanol–water partition coefficient (Wildman–Crippen LogP) is 0.0363. The van der Waals surface area contributed by atoms with Crippen LogP contribution in [0.15, 0.2) is 0 Å². The highest BCUT2D eigenvalue weighted by atomic mass is 16.3. The first-order valence-electron chi connectivity index (χ1n) is 4.73. The molecule has 3 nitrogen and oxygen atoms in total. The molecule has 72 valence electrons. The summed E-state index contributed by atoms with van der Waals surface area (Å²) in [7, 11) is 2.12. The third-order valence-electron chi connectivity index (χ3n) is 2.78. The molecule has 3 N–H and O–H groups in total. The fourth-order valence-electron chi connectivity index (χ4n) is 1.80. The van der Waals surface area contributed by atoms with Crippen LogP contribution in [-0.2, 0) is 0 Å². The van der Waals surface area contributed by atoms with E-state index in [4.69, 9.17) is 5.73 Å². The molecular formula is C9H20N2O. The van der Waals surface area contributed by atoms with Gasteiger partial charge in [-0.3, -0.25) is 0 Å². The number of rotatable bonds is 2. The lowest BCUT2D eigenvalue weighted by molar-refractivity contribution is 0.0512. The summed E-state index contributed by atoms with van der Waals surface area (Å²) in [4.78, 5) is 2.30. The summed E-state index contributed by atoms with van der Waals surface area (Å²) < 4.78 is 0. The van der Waals surface area contributed by atoms with Crippen LogP contribution in [0.4, 0.5) is 0 Å². The van der Waals surface area contributed by atoms with Gasteiger partial charge in [-0.2, -0.15) is 0 Å². The van der Waals surface area contributed by atoms with Gasteiger partial charge in [-0.05, 0) is 45.8 Å². The van der Waals surface area contributed by atoms with Crippen molar-refractivity contribution < 1.29 is 5.11 Å². The molecule has 0 aromatic heterocycles. The van der Waals surface area contributed by atoms with E-state index in [1.807, 2.05) is 6.92 Å². The molecule has 0 aliphatic carbocycles. The first-order chi connectivity index (χ1) is 5.61. The Labute approximate surface area is 74.5 Å². The molecule has 0 bridgehead atoms. The minimum absolute atomic E-state index is 0.0848. The standard InChI is InChI=1S/C9H20N2O/c1-7(10)9(12)8-3-5-11(2)6-4-8/h7-9,12H,3-6,10H2,1-2H3. The van der Waals surface area contributed by atoms with Crippen molar-refractivity contribution in [3.63, 3.8) is 0 Å². The van der Waals surface area contributed by atoms with E-state index in [-0.39, 0.29) is 12.1 Å². The van der Waals surface area contributed by atoms with Crippen LogP contribution in [0.25, 0.3) is 0 Å². The SMILES string of the molecule is CC(N)C(O)C1CCN(C)CC1. The number of hydrogen-bond donors (Lipinski definition) is 2. The van der Waals surface area contributed by atoms with Gasteiger partial charge in [-0.25, -0.2) is 0 Å². The lowest BCUT2D eigenvalue weighted by Crippen LogP contribution is -2.42. The number of nitrogens with zero attached hydrogens (tertiary/aromatic N) is 1. The van der Waals surface area contributed by atoms with E-state index in [2.05, 4.69) is 11.9 Å². The summed E-state index contributed by atoms with van der Waals surface area (Å²) in [6, 6.07) is -0.0848. The van der Waals surface area contributed by atoms with Gasteiger partial charge in [0, 0.05) is 6.04 Å². The molecule has 1 aliphatic rings. The second kappa shape index (κ2) is 4.21. The molecule has 0 amide bonds. The van der Waals surface area contributed by atoms with Crippen molar-refractivity contribution in [3.8, 4) is 0 Å². The molecule has 1 rings (SSSR count). The Morgan fingerprint density at radius 1 is 1.42 bits per heavy atom. The lowest BCUT2D eigenvalue weighted by atomic mass is 9.88. The second-order valence-electron chi connectivity index (χ2n) is 3.99. The number of aliphatic hydroxyl groups excluding tert-OH is 1. The molecule has 0 saturated carbocycles. The monoisotopic (exact) mass is 172 g/mol. The highest BCUT2D eigenvalue weighted by Crippen LogP contribution is 2.20. The van der Waals surface area contributed by atoms with Crippen LogP contribution < -0.4 is 5.73 Å². The van der Waals surface area contributed by atoms with E-state index in [0.717, 1.165) is 25.9 Å². The zero-order valence-electron chi connectivity index (χ0n) is 8.03. The van der Waals surface area contributed by atoms with Crippen LogP contribution in [0, 0.1) is 5.92 Å². The summed E-state index contributed by atoms with van der Waals surface area (Å²) in [5.74, 6) is 0.418. The quantitative estimate of drug-likeness (QED) is 0.618. The maximum absolute atomic E-state index is 9.69. The third kappa shape index (κ3) is 2.44. The van der Waals surface area contributed by atoms with Gasteiger partial charge < -0.3 is 15.7 Å². The number of piperidine rings is 1. The maximum Gasteiger partial charge on any atom is 0.0717 e. The van der Waals surface area contributed by atoms with Gasteiger partial charge in [0.05, 0.1) is 6.10 Å². The molecule has 0 spiro atoms. The van der Waals surface area contributed by atoms with E-state index >= 15 is 0 Å². The van der Waals surface area contributed by atoms with Gasteiger partial charge in [0.2, 0.25) is 0 Å². The van der Waals surface area contributed by atoms with Crippen molar-refractivity contribution in [2.24, 2.45) is 11.7 Å². The number of likely N-dealkylation sites (tertiary alicyclic amines) is 1. The Bertz CT molecular complexity index is 130. The summed E-state index contributed by atoms with van der Waals surface area (Å²) >= 11 is 0. The van der Waals surface area contributed by atoms with Crippen molar-refractivity contribution in [1.29, 1.82) is 0 Å². The molecule has 0 aromatic rings. The van der Waals surface area contributed by atoms with E-state index in [1.54, 1.807) is 0 Å². The highest BCUT2D eigenvalue weighted by molar-refractivity contribution is 4.80. The molecule has 2 atom stereocenters. The fraction of sp³-hybridized carbons (Fsp3) is 1.00. The summed E-state index contributed by atoms with van der Waals surface area (Å²) in [5.41, 5.74) is 5.64. The normalized spacial score (nSPS) is 27.0. The molecule has 0 radical (unpaired) electrons. The van der Waals surface area contributed by atoms with Crippen LogP contribution in [0.1, 0.15) is 19.8 Å². The Kier molecular flexibility index (Phi) is 3.50. The van der Waals surface area contributed by atoms with Crippen LogP contribution in [-0.4, -0.2) is 42.3 Å². The van der Waals surface area contributed by atoms with Gasteiger partial charge in [0.25, 0.3) is 0 Å². The molecular weight excluding hydrogens is 152 g/mol. The average molecular weight is 172 g/mol. The lowest BCUT2D eigenvalue weighted by Gasteiger charge is -2.33. The number of nitrogens with two attached hydrogens (primary N) is 1. The van der Waals surface area contributed by atoms with Crippen molar-refractivity contribution in [2.45, 2.75) is 31.9 Å². The van der Waals surface area contributed by atoms with Crippen molar-refractivity contribution in [2.75, 3.05) is 20.1 Å². The molecule has 2 unspecified atom stereocenters. The zero-order chi connectivity index (χ0) is 9.14. The molecule has 3 heteroatoms. The second-order valence-corrected chi connectivity index (χ2v) is 3.99. The minimum atomic E-state index is -0.307. The number of aliphatic hydroxyl groups is 1. The molecule has 12 heavy (non-hydrogen) atoms. The van der Waals surface area contributed by atoms with E-state index in [1.165, 1.54) is 0 Å². The predicted molar refractivity (Wildman–Crippen MR) is 49.9 cm³/mol. The van der Waals surface area contributed by atoms with Crippen molar-refractivity contribution in [1.82, 2.24) is 4.90 Å². The number of hydrogen-bond acceptors (Lipinski definition) is 3. The van der Waals surface area contributed by atoms with Gasteiger partial charge in [-0.1, -0.05) is 0 Å². The van der Waals surface area contributed by atoms with Crippen LogP contribution in [0.2, 0.25) is 0 Å². The third-order valence-corrected chi connectivity index (χ3v) is 2.78. The first-order valence-corrected chi connectivity index (χ1v) is 4.73. The minimum Gasteiger partial charge on any atom is -0.391 e.